The number of carbonyl (C=O) groups excluding carboxylic acids is 1. The quantitative estimate of drug-likeness (QED) is 0.589. The number of rotatable bonds is 1. The zero-order chi connectivity index (χ0) is 11.8. The Balaban J connectivity index is 2.83. The first-order chi connectivity index (χ1) is 7.54. The molecule has 82 valence electrons. The Kier molecular flexibility index (Phi) is 2.29. The van der Waals surface area contributed by atoms with E-state index in [1.165, 1.54) is 12.1 Å². The van der Waals surface area contributed by atoms with E-state index in [9.17, 15) is 18.0 Å². The zero-order valence-electron chi connectivity index (χ0n) is 7.80. The third-order valence-corrected chi connectivity index (χ3v) is 2.12. The van der Waals surface area contributed by atoms with Crippen molar-refractivity contribution in [3.8, 4) is 0 Å². The standard InChI is InChI=1S/C10H5F3N2O/c11-10(12,13)9-8(14-5-16)6-3-1-2-4-7(6)15-9/h1-4,15H. The molecule has 0 spiro atoms. The van der Waals surface area contributed by atoms with Gasteiger partial charge in [0.05, 0.1) is 0 Å². The molecule has 3 nitrogen and oxygen atoms in total. The number of hydrogen-bond donors (Lipinski definition) is 1. The topological polar surface area (TPSA) is 45.2 Å². The van der Waals surface area contributed by atoms with Gasteiger partial charge in [-0.3, -0.25) is 0 Å². The summed E-state index contributed by atoms with van der Waals surface area (Å²) in [5.41, 5.74) is -1.17. The minimum atomic E-state index is -4.57. The molecule has 1 aromatic heterocycles. The second-order valence-electron chi connectivity index (χ2n) is 3.10. The summed E-state index contributed by atoms with van der Waals surface area (Å²) in [7, 11) is 0. The van der Waals surface area contributed by atoms with E-state index in [-0.39, 0.29) is 10.9 Å². The highest BCUT2D eigenvalue weighted by atomic mass is 19.4. The third kappa shape index (κ3) is 1.59. The van der Waals surface area contributed by atoms with Gasteiger partial charge in [0.2, 0.25) is 6.08 Å². The maximum Gasteiger partial charge on any atom is 0.433 e. The largest absolute Gasteiger partial charge is 0.433 e. The lowest BCUT2D eigenvalue weighted by atomic mass is 10.2. The van der Waals surface area contributed by atoms with Crippen molar-refractivity contribution in [3.05, 3.63) is 30.0 Å². The van der Waals surface area contributed by atoms with Crippen LogP contribution in [0.2, 0.25) is 0 Å². The number of benzene rings is 1. The number of hydrogen-bond acceptors (Lipinski definition) is 2. The molecule has 6 heteroatoms. The molecule has 0 aliphatic heterocycles. The van der Waals surface area contributed by atoms with Gasteiger partial charge in [0, 0.05) is 10.9 Å². The molecule has 1 aromatic carbocycles. The van der Waals surface area contributed by atoms with Crippen LogP contribution in [0.1, 0.15) is 5.69 Å². The van der Waals surface area contributed by atoms with Gasteiger partial charge in [-0.05, 0) is 6.07 Å². The lowest BCUT2D eigenvalue weighted by Crippen LogP contribution is -2.05. The average molecular weight is 226 g/mol. The minimum absolute atomic E-state index is 0.248. The van der Waals surface area contributed by atoms with Crippen LogP contribution in [-0.2, 0) is 11.0 Å². The van der Waals surface area contributed by atoms with E-state index in [1.54, 1.807) is 12.1 Å². The van der Waals surface area contributed by atoms with Crippen LogP contribution < -0.4 is 0 Å². The third-order valence-electron chi connectivity index (χ3n) is 2.12. The van der Waals surface area contributed by atoms with Gasteiger partial charge in [-0.1, -0.05) is 18.2 Å². The van der Waals surface area contributed by atoms with Crippen LogP contribution in [0.4, 0.5) is 18.9 Å². The number of isocyanates is 1. The SMILES string of the molecule is O=C=Nc1c(C(F)(F)F)[nH]c2ccccc12. The van der Waals surface area contributed by atoms with Crippen molar-refractivity contribution >= 4 is 22.7 Å². The first-order valence-electron chi connectivity index (χ1n) is 4.30. The summed E-state index contributed by atoms with van der Waals surface area (Å²) < 4.78 is 37.8. The summed E-state index contributed by atoms with van der Waals surface area (Å²) in [4.78, 5) is 15.4. The van der Waals surface area contributed by atoms with Crippen LogP contribution in [0.15, 0.2) is 29.3 Å². The summed E-state index contributed by atoms with van der Waals surface area (Å²) >= 11 is 0. The maximum absolute atomic E-state index is 12.6. The fourth-order valence-corrected chi connectivity index (χ4v) is 1.49. The molecule has 0 radical (unpaired) electrons. The number of nitrogens with one attached hydrogen (secondary N) is 1. The summed E-state index contributed by atoms with van der Waals surface area (Å²) in [6, 6.07) is 6.10. The molecule has 0 aliphatic rings. The highest BCUT2D eigenvalue weighted by Gasteiger charge is 2.36. The second kappa shape index (κ2) is 3.50. The fourth-order valence-electron chi connectivity index (χ4n) is 1.49. The Labute approximate surface area is 87.6 Å². The number of alkyl halides is 3. The molecule has 0 aliphatic carbocycles. The number of para-hydroxylation sites is 1. The normalized spacial score (nSPS) is 11.4. The van der Waals surface area contributed by atoms with Crippen molar-refractivity contribution in [3.63, 3.8) is 0 Å². The van der Waals surface area contributed by atoms with Crippen molar-refractivity contribution in [1.82, 2.24) is 4.98 Å². The smallest absolute Gasteiger partial charge is 0.349 e. The van der Waals surface area contributed by atoms with E-state index in [2.05, 4.69) is 9.98 Å². The molecule has 0 atom stereocenters. The number of fused-ring (bicyclic) bond motifs is 1. The van der Waals surface area contributed by atoms with Crippen molar-refractivity contribution in [2.24, 2.45) is 4.99 Å². The number of aliphatic imine (C=N–C) groups is 1. The van der Waals surface area contributed by atoms with E-state index in [1.807, 2.05) is 0 Å². The number of halogens is 3. The molecule has 0 unspecified atom stereocenters. The zero-order valence-corrected chi connectivity index (χ0v) is 7.80. The molecule has 2 rings (SSSR count). The van der Waals surface area contributed by atoms with Crippen LogP contribution in [0.5, 0.6) is 0 Å². The number of H-pyrrole nitrogens is 1. The molecular formula is C10H5F3N2O. The number of nitrogens with zero attached hydrogens (tertiary/aromatic N) is 1. The lowest BCUT2D eigenvalue weighted by Gasteiger charge is -2.03. The van der Waals surface area contributed by atoms with Crippen LogP contribution in [-0.4, -0.2) is 11.1 Å². The monoisotopic (exact) mass is 226 g/mol. The molecular weight excluding hydrogens is 221 g/mol. The van der Waals surface area contributed by atoms with Gasteiger partial charge in [0.15, 0.2) is 0 Å². The van der Waals surface area contributed by atoms with Crippen molar-refractivity contribution in [2.75, 3.05) is 0 Å². The number of aromatic nitrogens is 1. The van der Waals surface area contributed by atoms with Crippen LogP contribution >= 0.6 is 0 Å². The number of aromatic amines is 1. The van der Waals surface area contributed by atoms with Crippen molar-refractivity contribution < 1.29 is 18.0 Å². The summed E-state index contributed by atoms with van der Waals surface area (Å²) in [5.74, 6) is 0. The minimum Gasteiger partial charge on any atom is -0.349 e. The van der Waals surface area contributed by atoms with E-state index < -0.39 is 17.6 Å². The first kappa shape index (κ1) is 10.4. The Bertz CT molecular complexity index is 579. The van der Waals surface area contributed by atoms with Gasteiger partial charge in [0.25, 0.3) is 0 Å². The van der Waals surface area contributed by atoms with Crippen molar-refractivity contribution in [1.29, 1.82) is 0 Å². The molecule has 0 saturated heterocycles. The van der Waals surface area contributed by atoms with E-state index in [0.29, 0.717) is 0 Å². The van der Waals surface area contributed by atoms with Gasteiger partial charge >= 0.3 is 6.18 Å². The Morgan fingerprint density at radius 1 is 1.25 bits per heavy atom. The van der Waals surface area contributed by atoms with Crippen LogP contribution in [0, 0.1) is 0 Å². The highest BCUT2D eigenvalue weighted by Crippen LogP contribution is 2.40. The maximum atomic E-state index is 12.6. The van der Waals surface area contributed by atoms with Crippen molar-refractivity contribution in [2.45, 2.75) is 6.18 Å². The Hall–Kier alpha value is -2.07. The average Bonchev–Trinajstić information content (AvgIpc) is 2.58. The van der Waals surface area contributed by atoms with E-state index in [4.69, 9.17) is 0 Å². The molecule has 2 aromatic rings. The molecule has 1 N–H and O–H groups in total. The highest BCUT2D eigenvalue weighted by molar-refractivity contribution is 5.93. The Morgan fingerprint density at radius 2 is 1.94 bits per heavy atom. The second-order valence-corrected chi connectivity index (χ2v) is 3.10. The Morgan fingerprint density at radius 3 is 2.56 bits per heavy atom. The molecule has 0 amide bonds. The van der Waals surface area contributed by atoms with E-state index in [0.717, 1.165) is 6.08 Å². The molecule has 16 heavy (non-hydrogen) atoms. The lowest BCUT2D eigenvalue weighted by molar-refractivity contribution is -0.140. The summed E-state index contributed by atoms with van der Waals surface area (Å²) in [5, 5.41) is 0.248. The van der Waals surface area contributed by atoms with E-state index >= 15 is 0 Å². The molecule has 1 heterocycles. The summed E-state index contributed by atoms with van der Waals surface area (Å²) in [6.45, 7) is 0. The predicted octanol–water partition coefficient (Wildman–Crippen LogP) is 3.15. The van der Waals surface area contributed by atoms with Gasteiger partial charge in [-0.25, -0.2) is 4.79 Å². The summed E-state index contributed by atoms with van der Waals surface area (Å²) in [6.07, 6.45) is -3.44. The van der Waals surface area contributed by atoms with Gasteiger partial charge in [-0.15, -0.1) is 0 Å². The first-order valence-corrected chi connectivity index (χ1v) is 4.30. The molecule has 0 bridgehead atoms. The van der Waals surface area contributed by atoms with Crippen LogP contribution in [0.25, 0.3) is 10.9 Å². The molecule has 0 saturated carbocycles. The predicted molar refractivity (Wildman–Crippen MR) is 51.1 cm³/mol. The van der Waals surface area contributed by atoms with Gasteiger partial charge in [0.1, 0.15) is 11.4 Å². The van der Waals surface area contributed by atoms with Crippen LogP contribution in [0.3, 0.4) is 0 Å². The van der Waals surface area contributed by atoms with Gasteiger partial charge < -0.3 is 4.98 Å². The van der Waals surface area contributed by atoms with Gasteiger partial charge in [-0.2, -0.15) is 18.2 Å². The fraction of sp³-hybridized carbons (Fsp3) is 0.100. The molecule has 0 fully saturated rings.